The summed E-state index contributed by atoms with van der Waals surface area (Å²) in [5, 5.41) is 3.29. The third-order valence-corrected chi connectivity index (χ3v) is 5.88. The average molecular weight is 364 g/mol. The summed E-state index contributed by atoms with van der Waals surface area (Å²) in [6.45, 7) is 4.50. The first-order chi connectivity index (χ1) is 13.0. The molecule has 0 aliphatic heterocycles. The number of carbonyl (C=O) groups is 1. The van der Waals surface area contributed by atoms with Crippen LogP contribution in [-0.4, -0.2) is 20.9 Å². The van der Waals surface area contributed by atoms with Crippen molar-refractivity contribution >= 4 is 5.91 Å². The summed E-state index contributed by atoms with van der Waals surface area (Å²) in [6, 6.07) is 3.87. The number of pyridine rings is 1. The molecule has 0 saturated heterocycles. The molecule has 4 rings (SSSR count). The minimum atomic E-state index is 0.000557. The van der Waals surface area contributed by atoms with Crippen molar-refractivity contribution in [3.8, 4) is 11.4 Å². The molecule has 142 valence electrons. The van der Waals surface area contributed by atoms with E-state index in [0.717, 1.165) is 29.7 Å². The molecule has 2 heterocycles. The zero-order valence-corrected chi connectivity index (χ0v) is 16.2. The van der Waals surface area contributed by atoms with E-state index in [9.17, 15) is 4.79 Å². The quantitative estimate of drug-likeness (QED) is 0.881. The van der Waals surface area contributed by atoms with Crippen LogP contribution in [0, 0.1) is 11.3 Å². The van der Waals surface area contributed by atoms with E-state index in [1.165, 1.54) is 25.7 Å². The number of hydrogen-bond acceptors (Lipinski definition) is 4. The molecule has 5 heteroatoms. The first-order valence-corrected chi connectivity index (χ1v) is 10.1. The first kappa shape index (κ1) is 18.1. The van der Waals surface area contributed by atoms with Gasteiger partial charge in [0.25, 0.3) is 0 Å². The van der Waals surface area contributed by atoms with Crippen molar-refractivity contribution in [2.45, 2.75) is 64.8 Å². The van der Waals surface area contributed by atoms with Gasteiger partial charge in [0.2, 0.25) is 5.91 Å². The molecule has 1 atom stereocenters. The summed E-state index contributed by atoms with van der Waals surface area (Å²) in [4.78, 5) is 26.2. The smallest absolute Gasteiger partial charge is 0.220 e. The van der Waals surface area contributed by atoms with Gasteiger partial charge in [0.15, 0.2) is 5.82 Å². The topological polar surface area (TPSA) is 67.8 Å². The molecule has 1 N–H and O–H groups in total. The Kier molecular flexibility index (Phi) is 4.94. The van der Waals surface area contributed by atoms with E-state index in [-0.39, 0.29) is 17.4 Å². The Balaban J connectivity index is 1.56. The van der Waals surface area contributed by atoms with Crippen molar-refractivity contribution in [2.24, 2.45) is 11.3 Å². The van der Waals surface area contributed by atoms with Crippen LogP contribution in [0.1, 0.15) is 69.7 Å². The lowest BCUT2D eigenvalue weighted by Gasteiger charge is -2.36. The molecule has 0 aromatic carbocycles. The molecular weight excluding hydrogens is 336 g/mol. The largest absolute Gasteiger partial charge is 0.349 e. The third-order valence-electron chi connectivity index (χ3n) is 5.88. The zero-order valence-electron chi connectivity index (χ0n) is 16.2. The Labute approximate surface area is 161 Å². The predicted octanol–water partition coefficient (Wildman–Crippen LogP) is 4.25. The van der Waals surface area contributed by atoms with Gasteiger partial charge >= 0.3 is 0 Å². The molecule has 1 fully saturated rings. The highest BCUT2D eigenvalue weighted by atomic mass is 16.1. The van der Waals surface area contributed by atoms with Crippen LogP contribution in [0.5, 0.6) is 0 Å². The normalized spacial score (nSPS) is 21.6. The number of carbonyl (C=O) groups excluding carboxylic acids is 1. The minimum absolute atomic E-state index is 0.000557. The van der Waals surface area contributed by atoms with Crippen molar-refractivity contribution < 1.29 is 4.79 Å². The van der Waals surface area contributed by atoms with Crippen LogP contribution < -0.4 is 5.32 Å². The Bertz CT molecular complexity index is 812. The maximum Gasteiger partial charge on any atom is 0.220 e. The van der Waals surface area contributed by atoms with Gasteiger partial charge in [-0.15, -0.1) is 0 Å². The summed E-state index contributed by atoms with van der Waals surface area (Å²) in [6.07, 6.45) is 12.8. The van der Waals surface area contributed by atoms with E-state index in [2.05, 4.69) is 29.1 Å². The lowest BCUT2D eigenvalue weighted by molar-refractivity contribution is -0.123. The molecule has 27 heavy (non-hydrogen) atoms. The van der Waals surface area contributed by atoms with Gasteiger partial charge in [-0.2, -0.15) is 0 Å². The zero-order chi connectivity index (χ0) is 18.9. The van der Waals surface area contributed by atoms with Crippen molar-refractivity contribution in [1.29, 1.82) is 0 Å². The summed E-state index contributed by atoms with van der Waals surface area (Å²) in [7, 11) is 0. The van der Waals surface area contributed by atoms with Gasteiger partial charge < -0.3 is 5.32 Å². The van der Waals surface area contributed by atoms with Gasteiger partial charge in [-0.1, -0.05) is 26.7 Å². The van der Waals surface area contributed by atoms with Crippen molar-refractivity contribution in [3.63, 3.8) is 0 Å². The van der Waals surface area contributed by atoms with Crippen LogP contribution in [-0.2, 0) is 11.2 Å². The van der Waals surface area contributed by atoms with Crippen LogP contribution in [0.3, 0.4) is 0 Å². The highest BCUT2D eigenvalue weighted by Gasteiger charge is 2.35. The summed E-state index contributed by atoms with van der Waals surface area (Å²) >= 11 is 0. The molecule has 1 amide bonds. The standard InChI is InChI=1S/C22H28N4O/c1-22(2)11-18(25-20(27)10-15-6-3-4-7-15)17-14-24-21(26-19(17)12-22)16-8-5-9-23-13-16/h5,8-9,13-15,18H,3-4,6-7,10-12H2,1-2H3,(H,25,27)/t18-/m0/s1. The van der Waals surface area contributed by atoms with Gasteiger partial charge in [0.05, 0.1) is 11.7 Å². The lowest BCUT2D eigenvalue weighted by Crippen LogP contribution is -2.37. The highest BCUT2D eigenvalue weighted by molar-refractivity contribution is 5.76. The van der Waals surface area contributed by atoms with E-state index < -0.39 is 0 Å². The number of amides is 1. The molecule has 0 radical (unpaired) electrons. The molecule has 2 aliphatic carbocycles. The molecule has 0 spiro atoms. The number of fused-ring (bicyclic) bond motifs is 1. The SMILES string of the molecule is CC1(C)Cc2nc(-c3cccnc3)ncc2[C@@H](NC(=O)CC2CCCC2)C1. The Morgan fingerprint density at radius 1 is 1.26 bits per heavy atom. The van der Waals surface area contributed by atoms with Gasteiger partial charge in [-0.25, -0.2) is 9.97 Å². The van der Waals surface area contributed by atoms with Gasteiger partial charge in [-0.05, 0) is 49.1 Å². The van der Waals surface area contributed by atoms with Crippen molar-refractivity contribution in [3.05, 3.63) is 42.0 Å². The molecular formula is C22H28N4O. The van der Waals surface area contributed by atoms with E-state index in [4.69, 9.17) is 4.98 Å². The molecule has 1 saturated carbocycles. The van der Waals surface area contributed by atoms with Crippen LogP contribution in [0.25, 0.3) is 11.4 Å². The van der Waals surface area contributed by atoms with Gasteiger partial charge in [0, 0.05) is 36.1 Å². The fraction of sp³-hybridized carbons (Fsp3) is 0.545. The fourth-order valence-electron chi connectivity index (χ4n) is 4.54. The molecule has 2 aromatic heterocycles. The molecule has 0 unspecified atom stereocenters. The Morgan fingerprint density at radius 3 is 2.81 bits per heavy atom. The van der Waals surface area contributed by atoms with Crippen LogP contribution in [0.2, 0.25) is 0 Å². The number of nitrogens with one attached hydrogen (secondary N) is 1. The summed E-state index contributed by atoms with van der Waals surface area (Å²) in [5.41, 5.74) is 3.14. The number of aromatic nitrogens is 3. The fourth-order valence-corrected chi connectivity index (χ4v) is 4.54. The minimum Gasteiger partial charge on any atom is -0.349 e. The van der Waals surface area contributed by atoms with Crippen molar-refractivity contribution in [1.82, 2.24) is 20.3 Å². The first-order valence-electron chi connectivity index (χ1n) is 10.1. The number of nitrogens with zero attached hydrogens (tertiary/aromatic N) is 3. The Hall–Kier alpha value is -2.30. The Morgan fingerprint density at radius 2 is 2.07 bits per heavy atom. The third kappa shape index (κ3) is 4.18. The van der Waals surface area contributed by atoms with E-state index in [1.54, 1.807) is 12.4 Å². The summed E-state index contributed by atoms with van der Waals surface area (Å²) in [5.74, 6) is 1.44. The molecule has 2 aromatic rings. The monoisotopic (exact) mass is 364 g/mol. The van der Waals surface area contributed by atoms with Crippen molar-refractivity contribution in [2.75, 3.05) is 0 Å². The second-order valence-corrected chi connectivity index (χ2v) is 8.86. The second kappa shape index (κ2) is 7.37. The van der Waals surface area contributed by atoms with E-state index >= 15 is 0 Å². The van der Waals surface area contributed by atoms with E-state index in [1.807, 2.05) is 18.3 Å². The van der Waals surface area contributed by atoms with Crippen LogP contribution >= 0.6 is 0 Å². The maximum absolute atomic E-state index is 12.6. The van der Waals surface area contributed by atoms with Crippen LogP contribution in [0.4, 0.5) is 0 Å². The second-order valence-electron chi connectivity index (χ2n) is 8.86. The number of hydrogen-bond donors (Lipinski definition) is 1. The number of rotatable bonds is 4. The molecule has 0 bridgehead atoms. The average Bonchev–Trinajstić information content (AvgIpc) is 3.14. The lowest BCUT2D eigenvalue weighted by atomic mass is 9.74. The molecule has 2 aliphatic rings. The molecule has 5 nitrogen and oxygen atoms in total. The van der Waals surface area contributed by atoms with E-state index in [0.29, 0.717) is 18.2 Å². The highest BCUT2D eigenvalue weighted by Crippen LogP contribution is 2.40. The van der Waals surface area contributed by atoms with Crippen LogP contribution in [0.15, 0.2) is 30.7 Å². The predicted molar refractivity (Wildman–Crippen MR) is 105 cm³/mol. The van der Waals surface area contributed by atoms with Gasteiger partial charge in [-0.3, -0.25) is 9.78 Å². The van der Waals surface area contributed by atoms with Gasteiger partial charge in [0.1, 0.15) is 0 Å². The summed E-state index contributed by atoms with van der Waals surface area (Å²) < 4.78 is 0. The maximum atomic E-state index is 12.6.